The van der Waals surface area contributed by atoms with Crippen LogP contribution < -0.4 is 5.50 Å². The molecule has 0 fully saturated rings. The van der Waals surface area contributed by atoms with E-state index in [1.165, 1.54) is 0 Å². The maximum atomic E-state index is 10.3. The summed E-state index contributed by atoms with van der Waals surface area (Å²) in [5.74, 6) is 1.96. The summed E-state index contributed by atoms with van der Waals surface area (Å²) in [5.41, 5.74) is 5.38. The standard InChI is InChI=1S/C4H6NOP/c5-7-2-1-4(6)3-7/h1-2H,3,5H2. The van der Waals surface area contributed by atoms with Crippen molar-refractivity contribution in [1.82, 2.24) is 0 Å². The van der Waals surface area contributed by atoms with E-state index in [1.54, 1.807) is 11.9 Å². The number of hydrogen-bond acceptors (Lipinski definition) is 2. The minimum Gasteiger partial charge on any atom is -0.306 e. The van der Waals surface area contributed by atoms with E-state index in [0.29, 0.717) is 6.16 Å². The number of carbonyl (C=O) groups excluding carboxylic acids is 1. The monoisotopic (exact) mass is 115 g/mol. The number of hydrogen-bond donors (Lipinski definition) is 1. The Balaban J connectivity index is 2.58. The van der Waals surface area contributed by atoms with E-state index in [2.05, 4.69) is 0 Å². The minimum atomic E-state index is -0.534. The third-order valence-electron chi connectivity index (χ3n) is 0.790. The fraction of sp³-hybridized carbons (Fsp3) is 0.250. The number of allylic oxidation sites excluding steroid dienone is 1. The van der Waals surface area contributed by atoms with Gasteiger partial charge in [-0.25, -0.2) is 0 Å². The van der Waals surface area contributed by atoms with Crippen LogP contribution in [0.15, 0.2) is 11.9 Å². The van der Waals surface area contributed by atoms with E-state index in [4.69, 9.17) is 5.50 Å². The van der Waals surface area contributed by atoms with Crippen LogP contribution >= 0.6 is 8.07 Å². The first kappa shape index (κ1) is 4.95. The Morgan fingerprint density at radius 2 is 2.57 bits per heavy atom. The van der Waals surface area contributed by atoms with Crippen LogP contribution in [0.2, 0.25) is 0 Å². The average Bonchev–Trinajstić information content (AvgIpc) is 1.87. The van der Waals surface area contributed by atoms with E-state index in [9.17, 15) is 4.79 Å². The predicted molar refractivity (Wildman–Crippen MR) is 30.1 cm³/mol. The van der Waals surface area contributed by atoms with Crippen LogP contribution in [0.5, 0.6) is 0 Å². The van der Waals surface area contributed by atoms with Gasteiger partial charge in [0.05, 0.1) is 0 Å². The highest BCUT2D eigenvalue weighted by Gasteiger charge is 2.09. The van der Waals surface area contributed by atoms with Crippen LogP contribution in [0, 0.1) is 0 Å². The van der Waals surface area contributed by atoms with E-state index < -0.39 is 8.07 Å². The Bertz CT molecular complexity index is 121. The second-order valence-corrected chi connectivity index (χ2v) is 3.10. The highest BCUT2D eigenvalue weighted by Crippen LogP contribution is 2.31. The minimum absolute atomic E-state index is 0.175. The molecule has 1 atom stereocenters. The van der Waals surface area contributed by atoms with Crippen molar-refractivity contribution in [1.29, 1.82) is 0 Å². The second kappa shape index (κ2) is 1.73. The van der Waals surface area contributed by atoms with Gasteiger partial charge in [-0.2, -0.15) is 0 Å². The fourth-order valence-corrected chi connectivity index (χ4v) is 1.39. The van der Waals surface area contributed by atoms with Crippen molar-refractivity contribution in [3.05, 3.63) is 11.9 Å². The quantitative estimate of drug-likeness (QED) is 0.465. The molecule has 0 radical (unpaired) electrons. The van der Waals surface area contributed by atoms with Gasteiger partial charge in [0.1, 0.15) is 0 Å². The van der Waals surface area contributed by atoms with Crippen molar-refractivity contribution in [2.24, 2.45) is 5.50 Å². The molecule has 0 spiro atoms. The lowest BCUT2D eigenvalue weighted by Crippen LogP contribution is -1.94. The fourth-order valence-electron chi connectivity index (χ4n) is 0.464. The molecule has 38 valence electrons. The Morgan fingerprint density at radius 3 is 2.71 bits per heavy atom. The van der Waals surface area contributed by atoms with Crippen molar-refractivity contribution in [2.75, 3.05) is 6.16 Å². The Labute approximate surface area is 43.2 Å². The Morgan fingerprint density at radius 1 is 1.86 bits per heavy atom. The molecule has 0 aliphatic carbocycles. The van der Waals surface area contributed by atoms with Crippen LogP contribution in [0.4, 0.5) is 0 Å². The predicted octanol–water partition coefficient (Wildman–Crippen LogP) is 0.438. The summed E-state index contributed by atoms with van der Waals surface area (Å²) in [6.45, 7) is 0. The first-order chi connectivity index (χ1) is 3.29. The van der Waals surface area contributed by atoms with Gasteiger partial charge < -0.3 is 5.50 Å². The zero-order valence-corrected chi connectivity index (χ0v) is 4.69. The second-order valence-electron chi connectivity index (χ2n) is 1.45. The average molecular weight is 115 g/mol. The van der Waals surface area contributed by atoms with Gasteiger partial charge in [-0.1, -0.05) is 0 Å². The van der Waals surface area contributed by atoms with Gasteiger partial charge in [0, 0.05) is 6.16 Å². The van der Waals surface area contributed by atoms with E-state index in [1.807, 2.05) is 0 Å². The highest BCUT2D eigenvalue weighted by molar-refractivity contribution is 7.60. The molecular weight excluding hydrogens is 109 g/mol. The zero-order valence-electron chi connectivity index (χ0n) is 3.79. The lowest BCUT2D eigenvalue weighted by molar-refractivity contribution is -0.112. The molecule has 3 heteroatoms. The maximum absolute atomic E-state index is 10.3. The van der Waals surface area contributed by atoms with Crippen LogP contribution in [-0.4, -0.2) is 11.9 Å². The molecule has 1 aliphatic heterocycles. The molecule has 1 aliphatic rings. The SMILES string of the molecule is NP1C=CC(=O)C1. The smallest absolute Gasteiger partial charge is 0.161 e. The third-order valence-corrected chi connectivity index (χ3v) is 2.00. The summed E-state index contributed by atoms with van der Waals surface area (Å²) in [6.07, 6.45) is 2.13. The molecule has 2 nitrogen and oxygen atoms in total. The van der Waals surface area contributed by atoms with Crippen LogP contribution in [0.1, 0.15) is 0 Å². The van der Waals surface area contributed by atoms with Crippen molar-refractivity contribution in [3.63, 3.8) is 0 Å². The topological polar surface area (TPSA) is 43.1 Å². The summed E-state index contributed by atoms with van der Waals surface area (Å²) in [5, 5.41) is 0. The molecule has 0 aromatic rings. The van der Waals surface area contributed by atoms with E-state index in [-0.39, 0.29) is 5.78 Å². The molecule has 1 unspecified atom stereocenters. The van der Waals surface area contributed by atoms with Gasteiger partial charge in [0.2, 0.25) is 0 Å². The molecule has 1 rings (SSSR count). The zero-order chi connectivity index (χ0) is 5.28. The Hall–Kier alpha value is -0.200. The van der Waals surface area contributed by atoms with Crippen molar-refractivity contribution < 1.29 is 4.79 Å². The summed E-state index contributed by atoms with van der Waals surface area (Å²) in [4.78, 5) is 10.3. The molecule has 0 aromatic carbocycles. The molecule has 1 heterocycles. The maximum Gasteiger partial charge on any atom is 0.161 e. The number of nitrogens with two attached hydrogens (primary N) is 1. The first-order valence-electron chi connectivity index (χ1n) is 2.01. The summed E-state index contributed by atoms with van der Waals surface area (Å²) < 4.78 is 0. The van der Waals surface area contributed by atoms with Crippen molar-refractivity contribution in [2.45, 2.75) is 0 Å². The van der Waals surface area contributed by atoms with Gasteiger partial charge >= 0.3 is 0 Å². The van der Waals surface area contributed by atoms with Crippen LogP contribution in [0.3, 0.4) is 0 Å². The molecule has 0 saturated carbocycles. The molecule has 0 saturated heterocycles. The number of rotatable bonds is 0. The van der Waals surface area contributed by atoms with Gasteiger partial charge in [0.25, 0.3) is 0 Å². The summed E-state index contributed by atoms with van der Waals surface area (Å²) in [7, 11) is -0.534. The van der Waals surface area contributed by atoms with Crippen molar-refractivity contribution in [3.8, 4) is 0 Å². The molecule has 0 amide bonds. The largest absolute Gasteiger partial charge is 0.306 e. The highest BCUT2D eigenvalue weighted by atomic mass is 31.1. The molecule has 7 heavy (non-hydrogen) atoms. The van der Waals surface area contributed by atoms with Crippen LogP contribution in [-0.2, 0) is 4.79 Å². The van der Waals surface area contributed by atoms with Gasteiger partial charge in [-0.3, -0.25) is 4.79 Å². The van der Waals surface area contributed by atoms with Gasteiger partial charge in [-0.15, -0.1) is 0 Å². The van der Waals surface area contributed by atoms with Crippen molar-refractivity contribution >= 4 is 13.9 Å². The van der Waals surface area contributed by atoms with E-state index >= 15 is 0 Å². The lowest BCUT2D eigenvalue weighted by atomic mass is 10.5. The van der Waals surface area contributed by atoms with Gasteiger partial charge in [0.15, 0.2) is 5.78 Å². The summed E-state index contributed by atoms with van der Waals surface area (Å²) in [6, 6.07) is 0. The number of ketones is 1. The normalized spacial score (nSPS) is 29.3. The van der Waals surface area contributed by atoms with Crippen LogP contribution in [0.25, 0.3) is 0 Å². The van der Waals surface area contributed by atoms with Gasteiger partial charge in [-0.05, 0) is 20.0 Å². The molecular formula is C4H6NOP. The number of carbonyl (C=O) groups is 1. The third kappa shape index (κ3) is 1.08. The summed E-state index contributed by atoms with van der Waals surface area (Å²) >= 11 is 0. The molecule has 2 N–H and O–H groups in total. The molecule has 0 bridgehead atoms. The lowest BCUT2D eigenvalue weighted by Gasteiger charge is -1.90. The molecule has 0 aromatic heterocycles. The Kier molecular flexibility index (Phi) is 1.22. The van der Waals surface area contributed by atoms with E-state index in [0.717, 1.165) is 0 Å². The first-order valence-corrected chi connectivity index (χ1v) is 3.68.